The lowest BCUT2D eigenvalue weighted by molar-refractivity contribution is 0.0741. The lowest BCUT2D eigenvalue weighted by Gasteiger charge is -2.26. The van der Waals surface area contributed by atoms with Gasteiger partial charge in [-0.1, -0.05) is 34.1 Å². The van der Waals surface area contributed by atoms with Crippen molar-refractivity contribution in [3.05, 3.63) is 41.2 Å². The van der Waals surface area contributed by atoms with E-state index in [1.54, 1.807) is 0 Å². The third-order valence-electron chi connectivity index (χ3n) is 7.93. The molecular weight excluding hydrogens is 472 g/mol. The molecule has 0 N–H and O–H groups in total. The van der Waals surface area contributed by atoms with Gasteiger partial charge in [0.1, 0.15) is 5.76 Å². The summed E-state index contributed by atoms with van der Waals surface area (Å²) in [7, 11) is 0. The number of piperidine rings is 1. The molecule has 3 aromatic rings. The van der Waals surface area contributed by atoms with Crippen LogP contribution in [0.25, 0.3) is 22.6 Å². The maximum absolute atomic E-state index is 13.7. The molecule has 0 atom stereocenters. The fourth-order valence-electron chi connectivity index (χ4n) is 5.31. The summed E-state index contributed by atoms with van der Waals surface area (Å²) in [4.78, 5) is 23.4. The number of fused-ring (bicyclic) bond motifs is 1. The molecule has 1 aliphatic rings. The van der Waals surface area contributed by atoms with Crippen LogP contribution in [0.15, 0.2) is 28.7 Å². The van der Waals surface area contributed by atoms with Crippen molar-refractivity contribution in [3.8, 4) is 11.6 Å². The van der Waals surface area contributed by atoms with E-state index < -0.39 is 0 Å². The number of likely N-dealkylation sites (tertiary alicyclic amines) is 1. The predicted molar refractivity (Wildman–Crippen MR) is 157 cm³/mol. The number of aromatic nitrogens is 2. The van der Waals surface area contributed by atoms with Crippen LogP contribution in [0.5, 0.6) is 0 Å². The van der Waals surface area contributed by atoms with E-state index in [0.717, 1.165) is 84.9 Å². The third kappa shape index (κ3) is 7.07. The van der Waals surface area contributed by atoms with E-state index in [9.17, 15) is 4.79 Å². The zero-order valence-electron chi connectivity index (χ0n) is 24.6. The van der Waals surface area contributed by atoms with Gasteiger partial charge in [0, 0.05) is 25.2 Å². The molecule has 0 spiro atoms. The maximum atomic E-state index is 13.7. The number of benzene rings is 1. The summed E-state index contributed by atoms with van der Waals surface area (Å²) in [5.41, 5.74) is 3.82. The highest BCUT2D eigenvalue weighted by molar-refractivity contribution is 5.98. The molecule has 0 aliphatic carbocycles. The second-order valence-electron chi connectivity index (χ2n) is 12.1. The van der Waals surface area contributed by atoms with Crippen molar-refractivity contribution in [1.29, 1.82) is 0 Å². The predicted octanol–water partition coefficient (Wildman–Crippen LogP) is 7.32. The number of aryl methyl sites for hydroxylation is 3. The van der Waals surface area contributed by atoms with Crippen LogP contribution >= 0.6 is 0 Å². The number of furan rings is 1. The summed E-state index contributed by atoms with van der Waals surface area (Å²) in [6.07, 6.45) is 7.04. The molecular formula is C32H48N4O2. The molecule has 0 bridgehead atoms. The second-order valence-corrected chi connectivity index (χ2v) is 12.1. The summed E-state index contributed by atoms with van der Waals surface area (Å²) in [5.74, 6) is 3.84. The molecule has 1 saturated heterocycles. The van der Waals surface area contributed by atoms with E-state index in [1.165, 1.54) is 32.4 Å². The van der Waals surface area contributed by atoms with Gasteiger partial charge in [-0.25, -0.2) is 4.98 Å². The van der Waals surface area contributed by atoms with Gasteiger partial charge >= 0.3 is 0 Å². The van der Waals surface area contributed by atoms with Gasteiger partial charge in [0.2, 0.25) is 0 Å². The minimum absolute atomic E-state index is 0.125. The molecule has 1 fully saturated rings. The number of rotatable bonds is 12. The molecule has 2 aromatic heterocycles. The molecule has 0 unspecified atom stereocenters. The zero-order valence-corrected chi connectivity index (χ0v) is 24.6. The highest BCUT2D eigenvalue weighted by Crippen LogP contribution is 2.29. The van der Waals surface area contributed by atoms with Crippen LogP contribution < -0.4 is 0 Å². The van der Waals surface area contributed by atoms with E-state index in [1.807, 2.05) is 19.1 Å². The Balaban J connectivity index is 1.64. The molecule has 1 aromatic carbocycles. The van der Waals surface area contributed by atoms with Crippen molar-refractivity contribution in [2.75, 3.05) is 32.7 Å². The standard InChI is InChI=1S/C32H48N4O2/c1-23(2)13-19-35(20-14-24(3)4)32(37)27-11-12-28-29(22-27)36(18-10-17-34-15-8-7-9-16-34)31(33-28)30-21-25(5)26(6)38-30/h11-12,21-24H,7-10,13-20H2,1-6H3. The molecule has 6 heteroatoms. The third-order valence-corrected chi connectivity index (χ3v) is 7.93. The van der Waals surface area contributed by atoms with E-state index in [2.05, 4.69) is 61.1 Å². The van der Waals surface area contributed by atoms with Gasteiger partial charge in [0.25, 0.3) is 5.91 Å². The summed E-state index contributed by atoms with van der Waals surface area (Å²) in [5, 5.41) is 0. The van der Waals surface area contributed by atoms with Crippen molar-refractivity contribution in [3.63, 3.8) is 0 Å². The second kappa shape index (κ2) is 13.0. The highest BCUT2D eigenvalue weighted by Gasteiger charge is 2.21. The Bertz CT molecular complexity index is 1170. The van der Waals surface area contributed by atoms with E-state index in [-0.39, 0.29) is 5.91 Å². The minimum Gasteiger partial charge on any atom is -0.458 e. The Morgan fingerprint density at radius 2 is 1.66 bits per heavy atom. The van der Waals surface area contributed by atoms with Gasteiger partial charge in [0.05, 0.1) is 11.0 Å². The molecule has 6 nitrogen and oxygen atoms in total. The first-order chi connectivity index (χ1) is 18.2. The topological polar surface area (TPSA) is 54.5 Å². The van der Waals surface area contributed by atoms with Crippen molar-refractivity contribution in [2.45, 2.75) is 86.6 Å². The number of hydrogen-bond acceptors (Lipinski definition) is 4. The smallest absolute Gasteiger partial charge is 0.253 e. The number of nitrogens with zero attached hydrogens (tertiary/aromatic N) is 4. The van der Waals surface area contributed by atoms with Gasteiger partial charge in [0.15, 0.2) is 11.6 Å². The van der Waals surface area contributed by atoms with Gasteiger partial charge < -0.3 is 18.8 Å². The summed E-state index contributed by atoms with van der Waals surface area (Å²) in [6.45, 7) is 18.9. The molecule has 0 radical (unpaired) electrons. The van der Waals surface area contributed by atoms with Crippen molar-refractivity contribution in [1.82, 2.24) is 19.4 Å². The average Bonchev–Trinajstić information content (AvgIpc) is 3.42. The number of amides is 1. The van der Waals surface area contributed by atoms with Crippen molar-refractivity contribution < 1.29 is 9.21 Å². The Hall–Kier alpha value is -2.60. The van der Waals surface area contributed by atoms with Crippen LogP contribution in [-0.4, -0.2) is 58.0 Å². The summed E-state index contributed by atoms with van der Waals surface area (Å²) >= 11 is 0. The van der Waals surface area contributed by atoms with Crippen LogP contribution in [0.1, 0.15) is 87.9 Å². The maximum Gasteiger partial charge on any atom is 0.253 e. The minimum atomic E-state index is 0.125. The van der Waals surface area contributed by atoms with Crippen LogP contribution in [-0.2, 0) is 6.54 Å². The molecule has 4 rings (SSSR count). The largest absolute Gasteiger partial charge is 0.458 e. The molecule has 208 valence electrons. The first kappa shape index (κ1) is 28.4. The first-order valence-corrected chi connectivity index (χ1v) is 14.8. The van der Waals surface area contributed by atoms with E-state index in [0.29, 0.717) is 11.8 Å². The number of imidazole rings is 1. The molecule has 1 aliphatic heterocycles. The molecule has 38 heavy (non-hydrogen) atoms. The van der Waals surface area contributed by atoms with Crippen molar-refractivity contribution in [2.24, 2.45) is 11.8 Å². The SMILES string of the molecule is Cc1cc(-c2nc3ccc(C(=O)N(CCC(C)C)CCC(C)C)cc3n2CCCN2CCCCC2)oc1C. The number of hydrogen-bond donors (Lipinski definition) is 0. The summed E-state index contributed by atoms with van der Waals surface area (Å²) < 4.78 is 8.40. The molecule has 3 heterocycles. The van der Waals surface area contributed by atoms with Crippen LogP contribution in [0.3, 0.4) is 0 Å². The lowest BCUT2D eigenvalue weighted by Crippen LogP contribution is -2.34. The highest BCUT2D eigenvalue weighted by atomic mass is 16.3. The Labute approximate surface area is 229 Å². The lowest BCUT2D eigenvalue weighted by atomic mass is 10.1. The zero-order chi connectivity index (χ0) is 27.2. The van der Waals surface area contributed by atoms with E-state index in [4.69, 9.17) is 9.40 Å². The number of carbonyl (C=O) groups is 1. The molecule has 0 saturated carbocycles. The Morgan fingerprint density at radius 3 is 2.26 bits per heavy atom. The fraction of sp³-hybridized carbons (Fsp3) is 0.625. The van der Waals surface area contributed by atoms with Crippen LogP contribution in [0.2, 0.25) is 0 Å². The first-order valence-electron chi connectivity index (χ1n) is 14.8. The normalized spacial score (nSPS) is 14.7. The molecule has 1 amide bonds. The quantitative estimate of drug-likeness (QED) is 0.251. The van der Waals surface area contributed by atoms with Gasteiger partial charge in [-0.15, -0.1) is 0 Å². The summed E-state index contributed by atoms with van der Waals surface area (Å²) in [6, 6.07) is 8.12. The van der Waals surface area contributed by atoms with Gasteiger partial charge in [-0.2, -0.15) is 0 Å². The number of carbonyl (C=O) groups excluding carboxylic acids is 1. The van der Waals surface area contributed by atoms with Gasteiger partial charge in [-0.3, -0.25) is 4.79 Å². The van der Waals surface area contributed by atoms with Crippen LogP contribution in [0.4, 0.5) is 0 Å². The van der Waals surface area contributed by atoms with Gasteiger partial charge in [-0.05, 0) is 107 Å². The fourth-order valence-corrected chi connectivity index (χ4v) is 5.31. The monoisotopic (exact) mass is 520 g/mol. The van der Waals surface area contributed by atoms with Crippen molar-refractivity contribution >= 4 is 16.9 Å². The van der Waals surface area contributed by atoms with E-state index >= 15 is 0 Å². The van der Waals surface area contributed by atoms with Crippen LogP contribution in [0, 0.1) is 25.7 Å². The Kier molecular flexibility index (Phi) is 9.69. The average molecular weight is 521 g/mol. The Morgan fingerprint density at radius 1 is 0.974 bits per heavy atom.